The lowest BCUT2D eigenvalue weighted by Crippen LogP contribution is -2.46. The summed E-state index contributed by atoms with van der Waals surface area (Å²) in [5.41, 5.74) is 5.32. The Hall–Kier alpha value is -1.32. The maximum absolute atomic E-state index is 12.7. The zero-order valence-electron chi connectivity index (χ0n) is 27.8. The van der Waals surface area contributed by atoms with E-state index in [2.05, 4.69) is 43.5 Å². The van der Waals surface area contributed by atoms with Crippen molar-refractivity contribution in [3.05, 3.63) is 36.5 Å². The summed E-state index contributed by atoms with van der Waals surface area (Å²) in [7, 11) is -4.40. The van der Waals surface area contributed by atoms with Crippen molar-refractivity contribution < 1.29 is 33.5 Å². The molecular weight excluding hydrogens is 579 g/mol. The van der Waals surface area contributed by atoms with Crippen molar-refractivity contribution in [1.29, 1.82) is 0 Å². The number of hydrogen-bond donors (Lipinski definition) is 5. The van der Waals surface area contributed by atoms with E-state index in [1.54, 1.807) is 12.2 Å². The monoisotopic (exact) mass is 644 g/mol. The number of amides is 1. The fourth-order valence-corrected chi connectivity index (χ4v) is 5.38. The van der Waals surface area contributed by atoms with Gasteiger partial charge < -0.3 is 26.2 Å². The molecule has 0 fully saturated rings. The third kappa shape index (κ3) is 28.2. The minimum absolute atomic E-state index is 0.0421. The van der Waals surface area contributed by atoms with Crippen LogP contribution in [0.5, 0.6) is 0 Å². The van der Waals surface area contributed by atoms with Gasteiger partial charge in [0.1, 0.15) is 0 Å². The van der Waals surface area contributed by atoms with Crippen LogP contribution in [0.3, 0.4) is 0 Å². The van der Waals surface area contributed by atoms with Crippen LogP contribution in [0.15, 0.2) is 36.5 Å². The van der Waals surface area contributed by atoms with E-state index in [9.17, 15) is 24.5 Å². The number of nitrogens with one attached hydrogen (secondary N) is 1. The summed E-state index contributed by atoms with van der Waals surface area (Å²) in [5.74, 6) is -0.465. The Bertz CT molecular complexity index is 806. The molecule has 0 aromatic rings. The molecule has 258 valence electrons. The number of rotatable bonds is 31. The molecule has 0 rings (SSSR count). The van der Waals surface area contributed by atoms with Crippen molar-refractivity contribution in [2.75, 3.05) is 19.8 Å². The van der Waals surface area contributed by atoms with Crippen LogP contribution in [0, 0.1) is 0 Å². The number of phosphoric ester groups is 1. The Labute approximate surface area is 268 Å². The molecule has 9 nitrogen and oxygen atoms in total. The molecule has 0 spiro atoms. The van der Waals surface area contributed by atoms with Gasteiger partial charge in [-0.15, -0.1) is 0 Å². The van der Waals surface area contributed by atoms with E-state index in [0.717, 1.165) is 51.4 Å². The van der Waals surface area contributed by atoms with Gasteiger partial charge in [-0.1, -0.05) is 127 Å². The zero-order valence-corrected chi connectivity index (χ0v) is 28.6. The van der Waals surface area contributed by atoms with Gasteiger partial charge in [0.2, 0.25) is 5.91 Å². The molecule has 0 saturated carbocycles. The lowest BCUT2D eigenvalue weighted by Gasteiger charge is -2.24. The molecular formula is C34H65N2O7P. The normalized spacial score (nSPS) is 15.7. The molecule has 10 heteroatoms. The average Bonchev–Trinajstić information content (AvgIpc) is 2.99. The molecule has 4 unspecified atom stereocenters. The molecule has 0 aromatic carbocycles. The van der Waals surface area contributed by atoms with Crippen molar-refractivity contribution in [2.24, 2.45) is 5.73 Å². The van der Waals surface area contributed by atoms with Gasteiger partial charge in [-0.25, -0.2) is 4.57 Å². The van der Waals surface area contributed by atoms with Crippen molar-refractivity contribution in [3.8, 4) is 0 Å². The van der Waals surface area contributed by atoms with Gasteiger partial charge in [-0.2, -0.15) is 0 Å². The molecule has 44 heavy (non-hydrogen) atoms. The molecule has 0 saturated heterocycles. The van der Waals surface area contributed by atoms with Gasteiger partial charge in [-0.3, -0.25) is 13.8 Å². The lowest BCUT2D eigenvalue weighted by atomic mass is 10.0. The third-order valence-corrected chi connectivity index (χ3v) is 8.22. The summed E-state index contributed by atoms with van der Waals surface area (Å²) in [6.45, 7) is 3.82. The molecule has 4 atom stereocenters. The van der Waals surface area contributed by atoms with Gasteiger partial charge in [-0.05, 0) is 38.5 Å². The number of allylic oxidation sites excluding steroid dienone is 5. The largest absolute Gasteiger partial charge is 0.472 e. The number of aliphatic hydroxyl groups is 2. The topological polar surface area (TPSA) is 151 Å². The predicted octanol–water partition coefficient (Wildman–Crippen LogP) is 7.41. The van der Waals surface area contributed by atoms with Crippen LogP contribution in [0.1, 0.15) is 136 Å². The fraction of sp³-hybridized carbons (Fsp3) is 0.794. The Morgan fingerprint density at radius 3 is 1.84 bits per heavy atom. The number of unbranched alkanes of at least 4 members (excludes halogenated alkanes) is 13. The van der Waals surface area contributed by atoms with Crippen molar-refractivity contribution in [2.45, 2.75) is 154 Å². The highest BCUT2D eigenvalue weighted by atomic mass is 31.2. The van der Waals surface area contributed by atoms with E-state index in [1.807, 2.05) is 0 Å². The Morgan fingerprint density at radius 1 is 0.773 bits per heavy atom. The highest BCUT2D eigenvalue weighted by Crippen LogP contribution is 2.43. The summed E-state index contributed by atoms with van der Waals surface area (Å²) in [6.07, 6.45) is 29.5. The average molecular weight is 645 g/mol. The number of nitrogens with two attached hydrogens (primary N) is 1. The van der Waals surface area contributed by atoms with Crippen LogP contribution in [0.4, 0.5) is 0 Å². The minimum Gasteiger partial charge on any atom is -0.393 e. The number of carbonyl (C=O) groups is 1. The van der Waals surface area contributed by atoms with Gasteiger partial charge in [0.05, 0.1) is 37.9 Å². The highest BCUT2D eigenvalue weighted by molar-refractivity contribution is 7.47. The lowest BCUT2D eigenvalue weighted by molar-refractivity contribution is -0.124. The van der Waals surface area contributed by atoms with Gasteiger partial charge in [0.25, 0.3) is 0 Å². The molecule has 0 aliphatic carbocycles. The second-order valence-corrected chi connectivity index (χ2v) is 13.0. The Morgan fingerprint density at radius 2 is 1.30 bits per heavy atom. The number of hydrogen-bond acceptors (Lipinski definition) is 7. The first-order valence-corrected chi connectivity index (χ1v) is 18.7. The van der Waals surface area contributed by atoms with Crippen molar-refractivity contribution >= 4 is 13.7 Å². The number of carbonyl (C=O) groups excluding carboxylic acids is 1. The van der Waals surface area contributed by atoms with Gasteiger partial charge in [0.15, 0.2) is 0 Å². The summed E-state index contributed by atoms with van der Waals surface area (Å²) < 4.78 is 21.9. The van der Waals surface area contributed by atoms with Crippen molar-refractivity contribution in [3.63, 3.8) is 0 Å². The molecule has 0 bridgehead atoms. The number of aliphatic hydroxyl groups excluding tert-OH is 2. The van der Waals surface area contributed by atoms with Crippen LogP contribution in [-0.4, -0.2) is 59.0 Å². The predicted molar refractivity (Wildman–Crippen MR) is 181 cm³/mol. The highest BCUT2D eigenvalue weighted by Gasteiger charge is 2.27. The van der Waals surface area contributed by atoms with Crippen LogP contribution >= 0.6 is 7.82 Å². The summed E-state index contributed by atoms with van der Waals surface area (Å²) in [5, 5.41) is 23.8. The fourth-order valence-electron chi connectivity index (χ4n) is 4.62. The van der Waals surface area contributed by atoms with E-state index >= 15 is 0 Å². The second-order valence-electron chi connectivity index (χ2n) is 11.5. The number of phosphoric acid groups is 1. The zero-order chi connectivity index (χ0) is 32.7. The molecule has 0 aromatic heterocycles. The first-order valence-electron chi connectivity index (χ1n) is 17.2. The van der Waals surface area contributed by atoms with E-state index in [0.29, 0.717) is 12.8 Å². The summed E-state index contributed by atoms with van der Waals surface area (Å²) in [4.78, 5) is 22.5. The van der Waals surface area contributed by atoms with Crippen LogP contribution in [-0.2, 0) is 18.4 Å². The molecule has 6 N–H and O–H groups in total. The minimum atomic E-state index is -4.40. The quantitative estimate of drug-likeness (QED) is 0.0297. The second kappa shape index (κ2) is 30.3. The maximum Gasteiger partial charge on any atom is 0.472 e. The van der Waals surface area contributed by atoms with Crippen molar-refractivity contribution in [1.82, 2.24) is 5.32 Å². The molecule has 0 heterocycles. The smallest absolute Gasteiger partial charge is 0.393 e. The Kier molecular flexibility index (Phi) is 29.4. The van der Waals surface area contributed by atoms with Crippen LogP contribution in [0.25, 0.3) is 0 Å². The van der Waals surface area contributed by atoms with Crippen LogP contribution in [0.2, 0.25) is 0 Å². The molecule has 0 aliphatic heterocycles. The Balaban J connectivity index is 4.58. The SMILES string of the molecule is CCC/C=C/CC/C=C/CC/C=C/C(O)C(COP(=O)(O)OCCN)NC(=O)CC(O)CCCCCCCCCCCCC. The molecule has 0 aliphatic rings. The summed E-state index contributed by atoms with van der Waals surface area (Å²) >= 11 is 0. The van der Waals surface area contributed by atoms with E-state index < -0.39 is 38.6 Å². The van der Waals surface area contributed by atoms with Gasteiger partial charge >= 0.3 is 7.82 Å². The third-order valence-electron chi connectivity index (χ3n) is 7.23. The first kappa shape index (κ1) is 42.7. The van der Waals surface area contributed by atoms with Gasteiger partial charge in [0, 0.05) is 6.54 Å². The van der Waals surface area contributed by atoms with E-state index in [4.69, 9.17) is 14.8 Å². The van der Waals surface area contributed by atoms with E-state index in [1.165, 1.54) is 51.4 Å². The van der Waals surface area contributed by atoms with Crippen LogP contribution < -0.4 is 11.1 Å². The molecule has 1 amide bonds. The first-order chi connectivity index (χ1) is 21.3. The summed E-state index contributed by atoms with van der Waals surface area (Å²) in [6, 6.07) is -1.000. The molecule has 0 radical (unpaired) electrons. The van der Waals surface area contributed by atoms with E-state index in [-0.39, 0.29) is 19.6 Å². The maximum atomic E-state index is 12.7. The standard InChI is InChI=1S/C34H65N2O7P/c1-3-5-7-9-11-13-15-17-19-21-23-25-31(37)29-34(39)36-32(30-43-44(40,41)42-28-27-35)33(38)26-24-22-20-18-16-14-12-10-8-6-4-2/h8,10,16,18,24,26,31-33,37-38H,3-7,9,11-15,17,19-23,25,27-30,35H2,1-2H3,(H,36,39)(H,40,41)/b10-8+,18-16+,26-24+.